The van der Waals surface area contributed by atoms with Gasteiger partial charge in [-0.25, -0.2) is 22.4 Å². The Morgan fingerprint density at radius 1 is 0.969 bits per heavy atom. The number of carbonyl (C=O) groups is 1. The summed E-state index contributed by atoms with van der Waals surface area (Å²) in [5.41, 5.74) is 0.213. The van der Waals surface area contributed by atoms with E-state index in [0.717, 1.165) is 56.7 Å². The van der Waals surface area contributed by atoms with Gasteiger partial charge in [0.05, 0.1) is 6.54 Å². The topological polar surface area (TPSA) is 50.8 Å². The minimum Gasteiger partial charge on any atom is -0.441 e. The summed E-state index contributed by atoms with van der Waals surface area (Å²) in [6, 6.07) is 6.70. The van der Waals surface area contributed by atoms with Crippen LogP contribution in [0.5, 0.6) is 0 Å². The maximum Gasteiger partial charge on any atom is 0.407 e. The minimum absolute atomic E-state index is 0.279. The number of amides is 1. The second-order valence-electron chi connectivity index (χ2n) is 8.22. The van der Waals surface area contributed by atoms with Crippen LogP contribution in [0, 0.1) is 23.3 Å². The van der Waals surface area contributed by atoms with E-state index >= 15 is 0 Å². The van der Waals surface area contributed by atoms with Crippen molar-refractivity contribution in [3.63, 3.8) is 0 Å². The molecule has 2 aromatic rings. The summed E-state index contributed by atoms with van der Waals surface area (Å²) >= 11 is 0. The molecule has 1 N–H and O–H groups in total. The molecule has 2 saturated heterocycles. The number of hydrogen-bond donors (Lipinski definition) is 1. The number of likely N-dealkylation sites (tertiary alicyclic amines) is 1. The van der Waals surface area contributed by atoms with Crippen molar-refractivity contribution in [1.82, 2.24) is 10.2 Å². The largest absolute Gasteiger partial charge is 0.441 e. The lowest BCUT2D eigenvalue weighted by Gasteiger charge is -2.37. The summed E-state index contributed by atoms with van der Waals surface area (Å²) in [5, 5.41) is 2.71. The van der Waals surface area contributed by atoms with Crippen molar-refractivity contribution in [2.75, 3.05) is 32.8 Å². The van der Waals surface area contributed by atoms with Crippen LogP contribution < -0.4 is 5.32 Å². The van der Waals surface area contributed by atoms with Crippen LogP contribution in [0.15, 0.2) is 36.4 Å². The number of alkyl carbamates (subject to hydrolysis) is 1. The average molecular weight is 452 g/mol. The number of halogens is 4. The van der Waals surface area contributed by atoms with Crippen molar-refractivity contribution in [3.8, 4) is 0 Å². The number of hydrogen-bond acceptors (Lipinski definition) is 4. The quantitative estimate of drug-likeness (QED) is 0.503. The van der Waals surface area contributed by atoms with Crippen LogP contribution in [0.3, 0.4) is 0 Å². The molecule has 0 aliphatic carbocycles. The SMILES string of the molecule is O=C1NCC2(CCN(CCCOC(c3ccc(F)c(F)c3)c3ccc(F)c(F)c3)CC2)O1. The smallest absolute Gasteiger partial charge is 0.407 e. The number of nitrogens with zero attached hydrogens (tertiary/aromatic N) is 1. The van der Waals surface area contributed by atoms with Gasteiger partial charge in [-0.2, -0.15) is 0 Å². The van der Waals surface area contributed by atoms with E-state index < -0.39 is 35.0 Å². The highest BCUT2D eigenvalue weighted by Gasteiger charge is 2.42. The lowest BCUT2D eigenvalue weighted by molar-refractivity contribution is -0.00234. The van der Waals surface area contributed by atoms with Crippen molar-refractivity contribution in [3.05, 3.63) is 70.8 Å². The molecule has 2 aromatic carbocycles. The Bertz CT molecular complexity index is 928. The highest BCUT2D eigenvalue weighted by Crippen LogP contribution is 2.30. The molecule has 2 fully saturated rings. The molecule has 5 nitrogen and oxygen atoms in total. The lowest BCUT2D eigenvalue weighted by Crippen LogP contribution is -2.46. The molecule has 0 unspecified atom stereocenters. The summed E-state index contributed by atoms with van der Waals surface area (Å²) in [4.78, 5) is 13.6. The van der Waals surface area contributed by atoms with Gasteiger partial charge in [-0.1, -0.05) is 12.1 Å². The van der Waals surface area contributed by atoms with Gasteiger partial charge >= 0.3 is 6.09 Å². The van der Waals surface area contributed by atoms with Crippen LogP contribution in [-0.4, -0.2) is 49.4 Å². The van der Waals surface area contributed by atoms with Crippen LogP contribution in [0.1, 0.15) is 36.5 Å². The van der Waals surface area contributed by atoms with Crippen molar-refractivity contribution < 1.29 is 31.8 Å². The van der Waals surface area contributed by atoms with Gasteiger partial charge in [0.1, 0.15) is 11.7 Å². The molecule has 32 heavy (non-hydrogen) atoms. The first-order chi connectivity index (χ1) is 15.3. The summed E-state index contributed by atoms with van der Waals surface area (Å²) in [7, 11) is 0. The molecular formula is C23H24F4N2O3. The molecule has 1 spiro atoms. The van der Waals surface area contributed by atoms with E-state index in [9.17, 15) is 22.4 Å². The number of ether oxygens (including phenoxy) is 2. The number of rotatable bonds is 7. The molecule has 9 heteroatoms. The van der Waals surface area contributed by atoms with Gasteiger partial charge in [0.25, 0.3) is 0 Å². The normalized spacial score (nSPS) is 18.2. The average Bonchev–Trinajstić information content (AvgIpc) is 3.14. The van der Waals surface area contributed by atoms with E-state index in [1.54, 1.807) is 0 Å². The lowest BCUT2D eigenvalue weighted by atomic mass is 9.91. The van der Waals surface area contributed by atoms with Crippen LogP contribution in [0.4, 0.5) is 22.4 Å². The highest BCUT2D eigenvalue weighted by molar-refractivity contribution is 5.70. The van der Waals surface area contributed by atoms with Gasteiger partial charge < -0.3 is 19.7 Å². The minimum atomic E-state index is -1.04. The third-order valence-electron chi connectivity index (χ3n) is 6.03. The van der Waals surface area contributed by atoms with E-state index in [2.05, 4.69) is 10.2 Å². The van der Waals surface area contributed by atoms with E-state index in [1.807, 2.05) is 0 Å². The van der Waals surface area contributed by atoms with Gasteiger partial charge in [0.15, 0.2) is 23.3 Å². The predicted molar refractivity (Wildman–Crippen MR) is 108 cm³/mol. The second-order valence-corrected chi connectivity index (χ2v) is 8.22. The Balaban J connectivity index is 1.35. The first kappa shape index (κ1) is 22.5. The van der Waals surface area contributed by atoms with E-state index in [1.165, 1.54) is 12.1 Å². The second kappa shape index (κ2) is 9.46. The third kappa shape index (κ3) is 5.05. The molecule has 0 aromatic heterocycles. The molecule has 0 atom stereocenters. The molecule has 2 aliphatic rings. The summed E-state index contributed by atoms with van der Waals surface area (Å²) in [6.07, 6.45) is 0.911. The van der Waals surface area contributed by atoms with Gasteiger partial charge in [-0.05, 0) is 41.8 Å². The monoisotopic (exact) mass is 452 g/mol. The summed E-state index contributed by atoms with van der Waals surface area (Å²) < 4.78 is 65.6. The van der Waals surface area contributed by atoms with Crippen molar-refractivity contribution >= 4 is 6.09 Å². The van der Waals surface area contributed by atoms with E-state index in [-0.39, 0.29) is 12.7 Å². The Labute approximate surface area is 183 Å². The molecule has 0 saturated carbocycles. The third-order valence-corrected chi connectivity index (χ3v) is 6.03. The molecule has 1 amide bonds. The number of piperidine rings is 1. The fourth-order valence-electron chi connectivity index (χ4n) is 4.19. The number of benzene rings is 2. The summed E-state index contributed by atoms with van der Waals surface area (Å²) in [5.74, 6) is -4.07. The maximum absolute atomic E-state index is 13.8. The van der Waals surface area contributed by atoms with Gasteiger partial charge in [0.2, 0.25) is 0 Å². The zero-order valence-electron chi connectivity index (χ0n) is 17.4. The maximum atomic E-state index is 13.8. The molecule has 172 valence electrons. The van der Waals surface area contributed by atoms with Gasteiger partial charge in [-0.15, -0.1) is 0 Å². The Kier molecular flexibility index (Phi) is 6.66. The summed E-state index contributed by atoms with van der Waals surface area (Å²) in [6.45, 7) is 3.11. The Hall–Kier alpha value is -2.65. The zero-order valence-corrected chi connectivity index (χ0v) is 17.4. The standard InChI is InChI=1S/C23H24F4N2O3/c24-17-4-2-15(12-19(17)26)21(16-3-5-18(25)20(27)13-16)31-11-1-8-29-9-6-23(7-10-29)14-28-22(30)32-23/h2-5,12-13,21H,1,6-11,14H2,(H,28,30). The van der Waals surface area contributed by atoms with Crippen LogP contribution in [0.2, 0.25) is 0 Å². The van der Waals surface area contributed by atoms with Crippen molar-refractivity contribution in [2.45, 2.75) is 31.0 Å². The van der Waals surface area contributed by atoms with E-state index in [4.69, 9.17) is 9.47 Å². The zero-order chi connectivity index (χ0) is 22.7. The Morgan fingerprint density at radius 2 is 1.56 bits per heavy atom. The molecule has 2 aliphatic heterocycles. The van der Waals surface area contributed by atoms with Crippen molar-refractivity contribution in [1.29, 1.82) is 0 Å². The molecule has 4 rings (SSSR count). The number of carbonyl (C=O) groups excluding carboxylic acids is 1. The van der Waals surface area contributed by atoms with Gasteiger partial charge in [0, 0.05) is 39.1 Å². The Morgan fingerprint density at radius 3 is 2.06 bits per heavy atom. The first-order valence-corrected chi connectivity index (χ1v) is 10.6. The fraction of sp³-hybridized carbons (Fsp3) is 0.435. The van der Waals surface area contributed by atoms with Crippen LogP contribution >= 0.6 is 0 Å². The highest BCUT2D eigenvalue weighted by atomic mass is 19.2. The first-order valence-electron chi connectivity index (χ1n) is 10.6. The van der Waals surface area contributed by atoms with Crippen LogP contribution in [-0.2, 0) is 9.47 Å². The fourth-order valence-corrected chi connectivity index (χ4v) is 4.19. The van der Waals surface area contributed by atoms with E-state index in [0.29, 0.717) is 24.1 Å². The molecule has 2 heterocycles. The molecular weight excluding hydrogens is 428 g/mol. The predicted octanol–water partition coefficient (Wildman–Crippen LogP) is 4.31. The van der Waals surface area contributed by atoms with Crippen LogP contribution in [0.25, 0.3) is 0 Å². The molecule has 0 radical (unpaired) electrons. The number of nitrogens with one attached hydrogen (secondary N) is 1. The van der Waals surface area contributed by atoms with Crippen molar-refractivity contribution in [2.24, 2.45) is 0 Å². The molecule has 0 bridgehead atoms. The van der Waals surface area contributed by atoms with Gasteiger partial charge in [-0.3, -0.25) is 0 Å².